The molecule has 8 nitrogen and oxygen atoms in total. The zero-order valence-electron chi connectivity index (χ0n) is 22.3. The fourth-order valence-electron chi connectivity index (χ4n) is 5.16. The number of hydrazine groups is 1. The molecule has 4 rings (SSSR count). The standard InChI is InChI=1S/C27H41N5O3Si/c1-17-23(18(2)32(31-17)16-35-14-15-36(3,4)5)19-10-12-22(13-11-19)29-26(33)25(27(34)30-28)24(20-6-7-20)21-8-9-21/h10-13,20-21,24-25H,6-9,14-16,28H2,1-5H3,(H,29,33)(H,30,34). The monoisotopic (exact) mass is 511 g/mol. The molecule has 0 spiro atoms. The van der Waals surface area contributed by atoms with Gasteiger partial charge in [-0.2, -0.15) is 5.10 Å². The average molecular weight is 512 g/mol. The molecule has 0 aliphatic heterocycles. The maximum Gasteiger partial charge on any atom is 0.246 e. The van der Waals surface area contributed by atoms with Crippen LogP contribution in [0.15, 0.2) is 24.3 Å². The lowest BCUT2D eigenvalue weighted by Crippen LogP contribution is -2.46. The van der Waals surface area contributed by atoms with Crippen molar-refractivity contribution < 1.29 is 14.3 Å². The van der Waals surface area contributed by atoms with Gasteiger partial charge in [0.05, 0.1) is 5.69 Å². The minimum atomic E-state index is -1.13. The zero-order valence-corrected chi connectivity index (χ0v) is 23.3. The molecule has 2 aliphatic carbocycles. The molecule has 2 aromatic rings. The van der Waals surface area contributed by atoms with Crippen LogP contribution in [0.25, 0.3) is 11.1 Å². The number of anilines is 1. The van der Waals surface area contributed by atoms with E-state index in [1.54, 1.807) is 0 Å². The molecule has 0 bridgehead atoms. The first-order valence-corrected chi connectivity index (χ1v) is 16.8. The third-order valence-corrected chi connectivity index (χ3v) is 9.16. The highest BCUT2D eigenvalue weighted by atomic mass is 28.3. The molecule has 1 unspecified atom stereocenters. The second-order valence-electron chi connectivity index (χ2n) is 11.7. The van der Waals surface area contributed by atoms with Crippen molar-refractivity contribution in [1.29, 1.82) is 0 Å². The molecule has 2 fully saturated rings. The second-order valence-corrected chi connectivity index (χ2v) is 17.3. The summed E-state index contributed by atoms with van der Waals surface area (Å²) in [4.78, 5) is 25.8. The predicted octanol–water partition coefficient (Wildman–Crippen LogP) is 4.46. The molecule has 2 saturated carbocycles. The number of aryl methyl sites for hydroxylation is 1. The van der Waals surface area contributed by atoms with Crippen molar-refractivity contribution in [2.24, 2.45) is 29.5 Å². The minimum absolute atomic E-state index is 0.0805. The van der Waals surface area contributed by atoms with Crippen LogP contribution in [0.5, 0.6) is 0 Å². The molecule has 2 amide bonds. The molecule has 0 radical (unpaired) electrons. The van der Waals surface area contributed by atoms with Gasteiger partial charge in [-0.15, -0.1) is 0 Å². The van der Waals surface area contributed by atoms with Gasteiger partial charge in [0, 0.05) is 31.6 Å². The summed E-state index contributed by atoms with van der Waals surface area (Å²) in [6.45, 7) is 12.3. The molecule has 1 aromatic heterocycles. The fourth-order valence-corrected chi connectivity index (χ4v) is 5.92. The number of carbonyl (C=O) groups excluding carboxylic acids is 2. The number of rotatable bonds is 12. The average Bonchev–Trinajstić information content (AvgIpc) is 3.74. The summed E-state index contributed by atoms with van der Waals surface area (Å²) >= 11 is 0. The quantitative estimate of drug-likeness (QED) is 0.0973. The molecule has 1 atom stereocenters. The van der Waals surface area contributed by atoms with Crippen LogP contribution in [0.2, 0.25) is 25.7 Å². The number of amides is 2. The highest BCUT2D eigenvalue weighted by molar-refractivity contribution is 6.76. The number of hydrogen-bond acceptors (Lipinski definition) is 5. The van der Waals surface area contributed by atoms with E-state index in [9.17, 15) is 9.59 Å². The summed E-state index contributed by atoms with van der Waals surface area (Å²) in [5.74, 6) is 5.03. The fraction of sp³-hybridized carbons (Fsp3) is 0.593. The van der Waals surface area contributed by atoms with Crippen molar-refractivity contribution in [3.63, 3.8) is 0 Å². The minimum Gasteiger partial charge on any atom is -0.360 e. The molecular weight excluding hydrogens is 470 g/mol. The summed E-state index contributed by atoms with van der Waals surface area (Å²) in [6, 6.07) is 8.87. The van der Waals surface area contributed by atoms with E-state index in [1.807, 2.05) is 35.9 Å². The van der Waals surface area contributed by atoms with E-state index >= 15 is 0 Å². The Morgan fingerprint density at radius 2 is 1.69 bits per heavy atom. The summed E-state index contributed by atoms with van der Waals surface area (Å²) in [5, 5.41) is 7.65. The predicted molar refractivity (Wildman–Crippen MR) is 145 cm³/mol. The van der Waals surface area contributed by atoms with Crippen molar-refractivity contribution in [2.45, 2.75) is 71.9 Å². The lowest BCUT2D eigenvalue weighted by Gasteiger charge is -2.25. The maximum atomic E-state index is 13.2. The lowest BCUT2D eigenvalue weighted by molar-refractivity contribution is -0.135. The van der Waals surface area contributed by atoms with E-state index in [-0.39, 0.29) is 11.8 Å². The van der Waals surface area contributed by atoms with Crippen molar-refractivity contribution >= 4 is 25.6 Å². The van der Waals surface area contributed by atoms with E-state index in [0.29, 0.717) is 24.3 Å². The molecule has 4 N–H and O–H groups in total. The number of nitrogens with zero attached hydrogens (tertiary/aromatic N) is 2. The topological polar surface area (TPSA) is 111 Å². The van der Waals surface area contributed by atoms with Crippen LogP contribution in [0.3, 0.4) is 0 Å². The van der Waals surface area contributed by atoms with Crippen LogP contribution in [0.1, 0.15) is 37.1 Å². The Morgan fingerprint density at radius 3 is 2.22 bits per heavy atom. The number of aromatic nitrogens is 2. The Labute approximate surface area is 215 Å². The van der Waals surface area contributed by atoms with Crippen molar-refractivity contribution in [2.75, 3.05) is 11.9 Å². The summed E-state index contributed by atoms with van der Waals surface area (Å²) in [7, 11) is -1.13. The normalized spacial score (nSPS) is 16.8. The Balaban J connectivity index is 1.43. The highest BCUT2D eigenvalue weighted by Crippen LogP contribution is 2.52. The first kappa shape index (κ1) is 26.6. The number of hydrogen-bond donors (Lipinski definition) is 3. The Morgan fingerprint density at radius 1 is 1.08 bits per heavy atom. The van der Waals surface area contributed by atoms with Gasteiger partial charge in [-0.3, -0.25) is 15.0 Å². The van der Waals surface area contributed by atoms with Crippen LogP contribution in [-0.2, 0) is 21.1 Å². The molecule has 36 heavy (non-hydrogen) atoms. The van der Waals surface area contributed by atoms with Gasteiger partial charge in [0.2, 0.25) is 11.8 Å². The number of ether oxygens (including phenoxy) is 1. The van der Waals surface area contributed by atoms with E-state index < -0.39 is 19.9 Å². The molecular formula is C27H41N5O3Si. The number of nitrogens with one attached hydrogen (secondary N) is 2. The van der Waals surface area contributed by atoms with Crippen LogP contribution in [0, 0.1) is 37.5 Å². The molecule has 9 heteroatoms. The molecule has 0 saturated heterocycles. The maximum absolute atomic E-state index is 13.2. The molecule has 1 aromatic carbocycles. The third-order valence-electron chi connectivity index (χ3n) is 7.46. The smallest absolute Gasteiger partial charge is 0.246 e. The van der Waals surface area contributed by atoms with E-state index in [2.05, 4.69) is 42.4 Å². The van der Waals surface area contributed by atoms with Crippen LogP contribution >= 0.6 is 0 Å². The number of carbonyl (C=O) groups is 2. The molecule has 2 aliphatic rings. The van der Waals surface area contributed by atoms with Crippen molar-refractivity contribution in [3.8, 4) is 11.1 Å². The largest absolute Gasteiger partial charge is 0.360 e. The van der Waals surface area contributed by atoms with E-state index in [4.69, 9.17) is 10.6 Å². The van der Waals surface area contributed by atoms with Gasteiger partial charge in [-0.05, 0) is 81.0 Å². The third kappa shape index (κ3) is 6.43. The van der Waals surface area contributed by atoms with Gasteiger partial charge in [0.1, 0.15) is 12.6 Å². The lowest BCUT2D eigenvalue weighted by atomic mass is 9.82. The Hall–Kier alpha value is -2.49. The highest BCUT2D eigenvalue weighted by Gasteiger charge is 2.50. The van der Waals surface area contributed by atoms with Crippen LogP contribution < -0.4 is 16.6 Å². The van der Waals surface area contributed by atoms with Gasteiger partial charge in [0.25, 0.3) is 0 Å². The summed E-state index contributed by atoms with van der Waals surface area (Å²) in [5.41, 5.74) is 6.99. The van der Waals surface area contributed by atoms with Gasteiger partial charge in [0.15, 0.2) is 0 Å². The first-order valence-electron chi connectivity index (χ1n) is 13.1. The van der Waals surface area contributed by atoms with Gasteiger partial charge >= 0.3 is 0 Å². The van der Waals surface area contributed by atoms with Gasteiger partial charge in [-0.25, -0.2) is 10.5 Å². The summed E-state index contributed by atoms with van der Waals surface area (Å²) < 4.78 is 7.82. The van der Waals surface area contributed by atoms with Crippen LogP contribution in [-0.4, -0.2) is 36.3 Å². The Kier molecular flexibility index (Phi) is 8.02. The SMILES string of the molecule is Cc1nn(COCC[Si](C)(C)C)c(C)c1-c1ccc(NC(=O)C(C(=O)NN)C(C2CC2)C2CC2)cc1. The van der Waals surface area contributed by atoms with E-state index in [0.717, 1.165) is 60.8 Å². The molecule has 196 valence electrons. The van der Waals surface area contributed by atoms with Gasteiger partial charge < -0.3 is 10.1 Å². The van der Waals surface area contributed by atoms with Crippen LogP contribution in [0.4, 0.5) is 5.69 Å². The van der Waals surface area contributed by atoms with Crippen molar-refractivity contribution in [1.82, 2.24) is 15.2 Å². The Bertz CT molecular complexity index is 1070. The number of nitrogens with two attached hydrogens (primary N) is 1. The van der Waals surface area contributed by atoms with Crippen molar-refractivity contribution in [3.05, 3.63) is 35.7 Å². The zero-order chi connectivity index (χ0) is 26.0. The second kappa shape index (κ2) is 10.9. The van der Waals surface area contributed by atoms with Gasteiger partial charge in [-0.1, -0.05) is 31.8 Å². The molecule has 1 heterocycles. The van der Waals surface area contributed by atoms with E-state index in [1.165, 1.54) is 0 Å². The number of benzene rings is 1. The summed E-state index contributed by atoms with van der Waals surface area (Å²) in [6.07, 6.45) is 4.36. The first-order chi connectivity index (χ1) is 17.1.